The monoisotopic (exact) mass is 239 g/mol. The molecule has 18 heavy (non-hydrogen) atoms. The molecule has 1 radical (unpaired) electrons. The van der Waals surface area contributed by atoms with Crippen LogP contribution in [0.1, 0.15) is 0 Å². The van der Waals surface area contributed by atoms with E-state index >= 15 is 0 Å². The maximum Gasteiger partial charge on any atom is 0.0892 e. The van der Waals surface area contributed by atoms with Crippen molar-refractivity contribution in [3.8, 4) is 11.1 Å². The van der Waals surface area contributed by atoms with Gasteiger partial charge in [-0.3, -0.25) is 4.98 Å². The Hall–Kier alpha value is -1.87. The van der Waals surface area contributed by atoms with Gasteiger partial charge in [-0.15, -0.1) is 0 Å². The molecule has 3 heteroatoms. The van der Waals surface area contributed by atoms with Crippen LogP contribution in [0.15, 0.2) is 42.6 Å². The van der Waals surface area contributed by atoms with Gasteiger partial charge in [0.1, 0.15) is 0 Å². The standard InChI is InChI=1S/C15H15N2O/c1-3-15(17-9-11-18-12-10-17)4-2-13(1)14-5-7-16-8-6-14/h1-7H,9-12H2. The van der Waals surface area contributed by atoms with Crippen LogP contribution in [-0.2, 0) is 4.74 Å². The van der Waals surface area contributed by atoms with E-state index in [1.54, 1.807) is 6.20 Å². The summed E-state index contributed by atoms with van der Waals surface area (Å²) in [4.78, 5) is 6.27. The Morgan fingerprint density at radius 1 is 1.00 bits per heavy atom. The first-order valence-corrected chi connectivity index (χ1v) is 6.19. The highest BCUT2D eigenvalue weighted by atomic mass is 16.5. The van der Waals surface area contributed by atoms with Gasteiger partial charge in [0, 0.05) is 25.0 Å². The first-order chi connectivity index (χ1) is 8.93. The number of hydrogen-bond acceptors (Lipinski definition) is 3. The van der Waals surface area contributed by atoms with E-state index in [1.165, 1.54) is 11.3 Å². The van der Waals surface area contributed by atoms with Crippen LogP contribution in [-0.4, -0.2) is 31.3 Å². The third kappa shape index (κ3) is 2.36. The molecule has 1 aliphatic rings. The fraction of sp³-hybridized carbons (Fsp3) is 0.267. The summed E-state index contributed by atoms with van der Waals surface area (Å²) in [6, 6.07) is 12.5. The average Bonchev–Trinajstić information content (AvgIpc) is 2.49. The van der Waals surface area contributed by atoms with Crippen LogP contribution in [0.25, 0.3) is 11.1 Å². The molecule has 0 N–H and O–H groups in total. The molecule has 1 aromatic heterocycles. The van der Waals surface area contributed by atoms with Crippen molar-refractivity contribution in [1.82, 2.24) is 4.98 Å². The zero-order valence-corrected chi connectivity index (χ0v) is 10.2. The largest absolute Gasteiger partial charge is 0.378 e. The molecule has 0 saturated carbocycles. The van der Waals surface area contributed by atoms with E-state index < -0.39 is 0 Å². The number of morpholine rings is 1. The Morgan fingerprint density at radius 2 is 1.78 bits per heavy atom. The summed E-state index contributed by atoms with van der Waals surface area (Å²) in [5, 5.41) is 0. The van der Waals surface area contributed by atoms with Gasteiger partial charge in [-0.25, -0.2) is 0 Å². The van der Waals surface area contributed by atoms with Gasteiger partial charge in [0.2, 0.25) is 0 Å². The van der Waals surface area contributed by atoms with Gasteiger partial charge in [0.05, 0.1) is 19.4 Å². The molecule has 1 saturated heterocycles. The third-order valence-electron chi connectivity index (χ3n) is 3.20. The maximum absolute atomic E-state index is 5.36. The molecule has 0 atom stereocenters. The molecule has 1 aliphatic heterocycles. The molecular formula is C15H15N2O. The Morgan fingerprint density at radius 3 is 2.44 bits per heavy atom. The Balaban J connectivity index is 1.80. The molecule has 0 spiro atoms. The van der Waals surface area contributed by atoms with Crippen LogP contribution < -0.4 is 4.90 Å². The predicted octanol–water partition coefficient (Wildman–Crippen LogP) is 2.39. The van der Waals surface area contributed by atoms with Gasteiger partial charge in [-0.2, -0.15) is 0 Å². The highest BCUT2D eigenvalue weighted by Crippen LogP contribution is 2.22. The number of aromatic nitrogens is 1. The van der Waals surface area contributed by atoms with E-state index in [0.29, 0.717) is 0 Å². The summed E-state index contributed by atoms with van der Waals surface area (Å²) in [6.45, 7) is 3.59. The molecule has 1 aromatic carbocycles. The highest BCUT2D eigenvalue weighted by Gasteiger charge is 2.10. The number of nitrogens with zero attached hydrogens (tertiary/aromatic N) is 2. The molecule has 91 valence electrons. The Bertz CT molecular complexity index is 490. The van der Waals surface area contributed by atoms with Crippen LogP contribution in [0.2, 0.25) is 0 Å². The molecular weight excluding hydrogens is 224 g/mol. The lowest BCUT2D eigenvalue weighted by Gasteiger charge is -2.28. The SMILES string of the molecule is [c]1cc(-c2ccc(N3CCOCC3)cc2)ccn1. The lowest BCUT2D eigenvalue weighted by Crippen LogP contribution is -2.36. The van der Waals surface area contributed by atoms with Crippen molar-refractivity contribution in [3.05, 3.63) is 48.8 Å². The zero-order valence-electron chi connectivity index (χ0n) is 10.2. The number of ether oxygens (including phenoxy) is 1. The van der Waals surface area contributed by atoms with Crippen LogP contribution >= 0.6 is 0 Å². The minimum Gasteiger partial charge on any atom is -0.378 e. The normalized spacial score (nSPS) is 15.7. The second-order valence-corrected chi connectivity index (χ2v) is 4.32. The van der Waals surface area contributed by atoms with Crippen molar-refractivity contribution in [2.45, 2.75) is 0 Å². The molecule has 2 heterocycles. The van der Waals surface area contributed by atoms with Gasteiger partial charge in [-0.05, 0) is 35.4 Å². The average molecular weight is 239 g/mol. The maximum atomic E-state index is 5.36. The first kappa shape index (κ1) is 11.2. The minimum atomic E-state index is 0.821. The van der Waals surface area contributed by atoms with Crippen molar-refractivity contribution in [2.75, 3.05) is 31.2 Å². The fourth-order valence-electron chi connectivity index (χ4n) is 2.18. The van der Waals surface area contributed by atoms with Crippen molar-refractivity contribution < 1.29 is 4.74 Å². The Kier molecular flexibility index (Phi) is 3.24. The molecule has 3 rings (SSSR count). The molecule has 0 unspecified atom stereocenters. The van der Waals surface area contributed by atoms with Crippen molar-refractivity contribution in [1.29, 1.82) is 0 Å². The summed E-state index contributed by atoms with van der Waals surface area (Å²) in [5.74, 6) is 0. The van der Waals surface area contributed by atoms with Crippen molar-refractivity contribution >= 4 is 5.69 Å². The molecule has 2 aromatic rings. The van der Waals surface area contributed by atoms with Crippen LogP contribution in [0.4, 0.5) is 5.69 Å². The predicted molar refractivity (Wildman–Crippen MR) is 71.5 cm³/mol. The van der Waals surface area contributed by atoms with Crippen LogP contribution in [0.3, 0.4) is 0 Å². The third-order valence-corrected chi connectivity index (χ3v) is 3.20. The smallest absolute Gasteiger partial charge is 0.0892 e. The summed E-state index contributed by atoms with van der Waals surface area (Å²) in [5.41, 5.74) is 3.62. The minimum absolute atomic E-state index is 0.821. The Labute approximate surface area is 107 Å². The van der Waals surface area contributed by atoms with Gasteiger partial charge < -0.3 is 9.64 Å². The van der Waals surface area contributed by atoms with E-state index in [2.05, 4.69) is 40.3 Å². The number of pyridine rings is 1. The lowest BCUT2D eigenvalue weighted by molar-refractivity contribution is 0.122. The molecule has 0 aliphatic carbocycles. The van der Waals surface area contributed by atoms with E-state index in [1.807, 2.05) is 12.1 Å². The zero-order chi connectivity index (χ0) is 12.2. The van der Waals surface area contributed by atoms with Gasteiger partial charge >= 0.3 is 0 Å². The summed E-state index contributed by atoms with van der Waals surface area (Å²) in [6.07, 6.45) is 4.63. The van der Waals surface area contributed by atoms with E-state index in [-0.39, 0.29) is 0 Å². The molecule has 3 nitrogen and oxygen atoms in total. The second kappa shape index (κ2) is 5.19. The van der Waals surface area contributed by atoms with Crippen LogP contribution in [0.5, 0.6) is 0 Å². The molecule has 0 bridgehead atoms. The summed E-state index contributed by atoms with van der Waals surface area (Å²) >= 11 is 0. The number of hydrogen-bond donors (Lipinski definition) is 0. The summed E-state index contributed by atoms with van der Waals surface area (Å²) < 4.78 is 5.36. The lowest BCUT2D eigenvalue weighted by atomic mass is 10.1. The number of rotatable bonds is 2. The van der Waals surface area contributed by atoms with Crippen LogP contribution in [0, 0.1) is 6.20 Å². The molecule has 0 amide bonds. The quantitative estimate of drug-likeness (QED) is 0.804. The van der Waals surface area contributed by atoms with E-state index in [0.717, 1.165) is 31.9 Å². The number of anilines is 1. The van der Waals surface area contributed by atoms with E-state index in [9.17, 15) is 0 Å². The van der Waals surface area contributed by atoms with Crippen molar-refractivity contribution in [2.24, 2.45) is 0 Å². The second-order valence-electron chi connectivity index (χ2n) is 4.32. The highest BCUT2D eigenvalue weighted by molar-refractivity contribution is 5.65. The fourth-order valence-corrected chi connectivity index (χ4v) is 2.18. The topological polar surface area (TPSA) is 25.4 Å². The van der Waals surface area contributed by atoms with Gasteiger partial charge in [0.25, 0.3) is 0 Å². The van der Waals surface area contributed by atoms with E-state index in [4.69, 9.17) is 4.74 Å². The van der Waals surface area contributed by atoms with Gasteiger partial charge in [0.15, 0.2) is 0 Å². The number of benzene rings is 1. The van der Waals surface area contributed by atoms with Gasteiger partial charge in [-0.1, -0.05) is 12.1 Å². The first-order valence-electron chi connectivity index (χ1n) is 6.19. The molecule has 1 fully saturated rings. The summed E-state index contributed by atoms with van der Waals surface area (Å²) in [7, 11) is 0. The van der Waals surface area contributed by atoms with Crippen molar-refractivity contribution in [3.63, 3.8) is 0 Å².